The molecule has 0 saturated heterocycles. The first kappa shape index (κ1) is 29.0. The third kappa shape index (κ3) is 6.66. The largest absolute Gasteiger partial charge is 0.382 e. The van der Waals surface area contributed by atoms with E-state index in [9.17, 15) is 18.8 Å². The highest BCUT2D eigenvalue weighted by Crippen LogP contribution is 2.51. The second-order valence-electron chi connectivity index (χ2n) is 10.7. The summed E-state index contributed by atoms with van der Waals surface area (Å²) >= 11 is 0. The summed E-state index contributed by atoms with van der Waals surface area (Å²) < 4.78 is 18.9. The molecule has 4 aromatic carbocycles. The van der Waals surface area contributed by atoms with E-state index in [1.165, 1.54) is 19.2 Å². The van der Waals surface area contributed by atoms with E-state index in [2.05, 4.69) is 16.0 Å². The molecule has 216 valence electrons. The highest BCUT2D eigenvalue weighted by atomic mass is 19.1. The van der Waals surface area contributed by atoms with Crippen LogP contribution in [0.2, 0.25) is 0 Å². The van der Waals surface area contributed by atoms with Gasteiger partial charge in [0.2, 0.25) is 17.7 Å². The first-order chi connectivity index (χ1) is 20.4. The molecule has 5 rings (SSSR count). The van der Waals surface area contributed by atoms with Gasteiger partial charge in [0.15, 0.2) is 0 Å². The molecule has 2 unspecified atom stereocenters. The minimum absolute atomic E-state index is 0.0577. The van der Waals surface area contributed by atoms with Gasteiger partial charge in [-0.25, -0.2) is 4.39 Å². The van der Waals surface area contributed by atoms with E-state index in [4.69, 9.17) is 4.74 Å². The number of nitrogens with one attached hydrogen (secondary N) is 3. The Bertz CT molecular complexity index is 1560. The summed E-state index contributed by atoms with van der Waals surface area (Å²) in [6, 6.07) is 28.4. The number of hydrogen-bond donors (Lipinski definition) is 3. The predicted molar refractivity (Wildman–Crippen MR) is 159 cm³/mol. The fourth-order valence-electron chi connectivity index (χ4n) is 5.41. The van der Waals surface area contributed by atoms with E-state index < -0.39 is 17.5 Å². The quantitative estimate of drug-likeness (QED) is 0.237. The van der Waals surface area contributed by atoms with Gasteiger partial charge in [-0.3, -0.25) is 14.4 Å². The Labute approximate surface area is 244 Å². The van der Waals surface area contributed by atoms with Crippen molar-refractivity contribution in [2.75, 3.05) is 13.7 Å². The monoisotopic (exact) mass is 567 g/mol. The van der Waals surface area contributed by atoms with E-state index >= 15 is 0 Å². The van der Waals surface area contributed by atoms with Crippen LogP contribution in [0, 0.1) is 5.82 Å². The fraction of sp³-hybridized carbons (Fsp3) is 0.265. The Morgan fingerprint density at radius 2 is 1.64 bits per heavy atom. The third-order valence-corrected chi connectivity index (χ3v) is 7.77. The normalized spacial score (nSPS) is 18.2. The molecule has 0 bridgehead atoms. The van der Waals surface area contributed by atoms with Crippen LogP contribution in [0.1, 0.15) is 35.4 Å². The molecule has 3 atom stereocenters. The van der Waals surface area contributed by atoms with E-state index in [1.807, 2.05) is 72.8 Å². The highest BCUT2D eigenvalue weighted by Gasteiger charge is 2.62. The second kappa shape index (κ2) is 13.0. The second-order valence-corrected chi connectivity index (χ2v) is 10.7. The van der Waals surface area contributed by atoms with Gasteiger partial charge in [0.05, 0.1) is 6.61 Å². The molecule has 8 heteroatoms. The van der Waals surface area contributed by atoms with Crippen molar-refractivity contribution in [3.63, 3.8) is 0 Å². The smallest absolute Gasteiger partial charge is 0.246 e. The zero-order valence-corrected chi connectivity index (χ0v) is 23.4. The highest BCUT2D eigenvalue weighted by molar-refractivity contribution is 5.98. The summed E-state index contributed by atoms with van der Waals surface area (Å²) in [5.74, 6) is -1.89. The van der Waals surface area contributed by atoms with Gasteiger partial charge in [0, 0.05) is 26.0 Å². The SMILES string of the molecule is COC[C@H](NC(=O)CCc1ccccc1)C(=O)NC1(C(=O)NCc2cccc3ccccc23)CC1c1ccc(F)cc1. The van der Waals surface area contributed by atoms with Gasteiger partial charge >= 0.3 is 0 Å². The lowest BCUT2D eigenvalue weighted by Gasteiger charge is -2.24. The number of aryl methyl sites for hydroxylation is 1. The molecule has 1 aliphatic rings. The average Bonchev–Trinajstić information content (AvgIpc) is 3.74. The number of ether oxygens (including phenoxy) is 1. The van der Waals surface area contributed by atoms with E-state index in [-0.39, 0.29) is 43.1 Å². The molecule has 0 aromatic heterocycles. The summed E-state index contributed by atoms with van der Waals surface area (Å²) in [5, 5.41) is 10.8. The van der Waals surface area contributed by atoms with Crippen molar-refractivity contribution >= 4 is 28.5 Å². The lowest BCUT2D eigenvalue weighted by Crippen LogP contribution is -2.57. The first-order valence-electron chi connectivity index (χ1n) is 14.0. The van der Waals surface area contributed by atoms with Crippen molar-refractivity contribution in [3.05, 3.63) is 120 Å². The number of methoxy groups -OCH3 is 1. The van der Waals surface area contributed by atoms with Crippen LogP contribution in [0.4, 0.5) is 4.39 Å². The fourth-order valence-corrected chi connectivity index (χ4v) is 5.41. The molecular formula is C34H34FN3O4. The minimum Gasteiger partial charge on any atom is -0.382 e. The van der Waals surface area contributed by atoms with Gasteiger partial charge in [-0.05, 0) is 52.4 Å². The van der Waals surface area contributed by atoms with Gasteiger partial charge in [0.25, 0.3) is 0 Å². The number of carbonyl (C=O) groups is 3. The molecule has 7 nitrogen and oxygen atoms in total. The van der Waals surface area contributed by atoms with Crippen molar-refractivity contribution in [1.29, 1.82) is 0 Å². The molecular weight excluding hydrogens is 533 g/mol. The summed E-state index contributed by atoms with van der Waals surface area (Å²) in [7, 11) is 1.45. The number of halogens is 1. The maximum Gasteiger partial charge on any atom is 0.246 e. The van der Waals surface area contributed by atoms with Crippen LogP contribution >= 0.6 is 0 Å². The van der Waals surface area contributed by atoms with Crippen molar-refractivity contribution in [2.24, 2.45) is 0 Å². The van der Waals surface area contributed by atoms with Crippen LogP contribution in [0.25, 0.3) is 10.8 Å². The Kier molecular flexibility index (Phi) is 8.93. The standard InChI is InChI=1S/C34H34FN3O4/c1-42-22-30(37-31(39)19-14-23-8-3-2-4-9-23)32(40)38-34(20-29(34)25-15-17-27(35)18-16-25)33(41)36-21-26-12-7-11-24-10-5-6-13-28(24)26/h2-13,15-18,29-30H,14,19-22H2,1H3,(H,36,41)(H,37,39)(H,38,40)/t29?,30-,34?/m0/s1. The van der Waals surface area contributed by atoms with Crippen LogP contribution in [0.15, 0.2) is 97.1 Å². The summed E-state index contributed by atoms with van der Waals surface area (Å²) in [6.45, 7) is 0.212. The summed E-state index contributed by atoms with van der Waals surface area (Å²) in [5.41, 5.74) is 1.46. The Morgan fingerprint density at radius 3 is 2.40 bits per heavy atom. The van der Waals surface area contributed by atoms with Gasteiger partial charge in [-0.1, -0.05) is 84.9 Å². The van der Waals surface area contributed by atoms with Crippen LogP contribution in [-0.2, 0) is 32.1 Å². The number of carbonyl (C=O) groups excluding carboxylic acids is 3. The van der Waals surface area contributed by atoms with Crippen LogP contribution in [0.5, 0.6) is 0 Å². The molecule has 1 aliphatic carbocycles. The lowest BCUT2D eigenvalue weighted by atomic mass is 10.0. The molecule has 0 heterocycles. The van der Waals surface area contributed by atoms with E-state index in [0.717, 1.165) is 27.5 Å². The zero-order chi connectivity index (χ0) is 29.5. The van der Waals surface area contributed by atoms with E-state index in [1.54, 1.807) is 12.1 Å². The molecule has 1 fully saturated rings. The van der Waals surface area contributed by atoms with E-state index in [0.29, 0.717) is 12.8 Å². The number of amides is 3. The molecule has 0 spiro atoms. The number of benzene rings is 4. The van der Waals surface area contributed by atoms with Gasteiger partial charge in [0.1, 0.15) is 17.4 Å². The molecule has 1 saturated carbocycles. The van der Waals surface area contributed by atoms with Gasteiger partial charge in [-0.15, -0.1) is 0 Å². The van der Waals surface area contributed by atoms with Gasteiger partial charge in [-0.2, -0.15) is 0 Å². The molecule has 3 amide bonds. The Morgan fingerprint density at radius 1 is 0.929 bits per heavy atom. The summed E-state index contributed by atoms with van der Waals surface area (Å²) in [4.78, 5) is 40.0. The number of hydrogen-bond acceptors (Lipinski definition) is 4. The van der Waals surface area contributed by atoms with Crippen molar-refractivity contribution in [2.45, 2.75) is 43.3 Å². The van der Waals surface area contributed by atoms with Crippen molar-refractivity contribution in [3.8, 4) is 0 Å². The number of rotatable bonds is 12. The Hall–Kier alpha value is -4.56. The zero-order valence-electron chi connectivity index (χ0n) is 23.4. The topological polar surface area (TPSA) is 96.5 Å². The maximum atomic E-state index is 13.8. The number of fused-ring (bicyclic) bond motifs is 1. The average molecular weight is 568 g/mol. The lowest BCUT2D eigenvalue weighted by molar-refractivity contribution is -0.134. The molecule has 4 aromatic rings. The molecule has 42 heavy (non-hydrogen) atoms. The Balaban J connectivity index is 1.31. The minimum atomic E-state index is -1.25. The maximum absolute atomic E-state index is 13.8. The predicted octanol–water partition coefficient (Wildman–Crippen LogP) is 4.40. The van der Waals surface area contributed by atoms with Gasteiger partial charge < -0.3 is 20.7 Å². The van der Waals surface area contributed by atoms with Crippen LogP contribution < -0.4 is 16.0 Å². The third-order valence-electron chi connectivity index (χ3n) is 7.77. The molecule has 0 aliphatic heterocycles. The summed E-state index contributed by atoms with van der Waals surface area (Å²) in [6.07, 6.45) is 1.07. The molecule has 0 radical (unpaired) electrons. The van der Waals surface area contributed by atoms with Crippen molar-refractivity contribution in [1.82, 2.24) is 16.0 Å². The van der Waals surface area contributed by atoms with Crippen LogP contribution in [0.3, 0.4) is 0 Å². The van der Waals surface area contributed by atoms with Crippen LogP contribution in [-0.4, -0.2) is 43.0 Å². The molecule has 3 N–H and O–H groups in total. The first-order valence-corrected chi connectivity index (χ1v) is 14.0. The van der Waals surface area contributed by atoms with Crippen molar-refractivity contribution < 1.29 is 23.5 Å².